The highest BCUT2D eigenvalue weighted by Gasteiger charge is 2.40. The summed E-state index contributed by atoms with van der Waals surface area (Å²) in [5.74, 6) is -0.514. The van der Waals surface area contributed by atoms with Crippen LogP contribution in [0.15, 0.2) is 0 Å². The van der Waals surface area contributed by atoms with Gasteiger partial charge < -0.3 is 10.2 Å². The van der Waals surface area contributed by atoms with Gasteiger partial charge in [-0.2, -0.15) is 0 Å². The number of hydrogen-bond acceptors (Lipinski definition) is 4. The summed E-state index contributed by atoms with van der Waals surface area (Å²) < 4.78 is 25.7. The average Bonchev–Trinajstić information content (AvgIpc) is 2.43. The van der Waals surface area contributed by atoms with Gasteiger partial charge in [-0.05, 0) is 45.8 Å². The third kappa shape index (κ3) is 5.54. The molecule has 130 valence electrons. The van der Waals surface area contributed by atoms with E-state index in [4.69, 9.17) is 0 Å². The Morgan fingerprint density at radius 1 is 1.18 bits per heavy atom. The quantitative estimate of drug-likeness (QED) is 0.689. The Morgan fingerprint density at radius 3 is 2.27 bits per heavy atom. The lowest BCUT2D eigenvalue weighted by molar-refractivity contribution is -0.121. The monoisotopic (exact) mass is 332 g/mol. The van der Waals surface area contributed by atoms with E-state index in [1.54, 1.807) is 0 Å². The minimum Gasteiger partial charge on any atom is -0.355 e. The van der Waals surface area contributed by atoms with Gasteiger partial charge in [0.15, 0.2) is 9.84 Å². The van der Waals surface area contributed by atoms with Crippen molar-refractivity contribution in [3.05, 3.63) is 0 Å². The molecule has 1 atom stereocenters. The smallest absolute Gasteiger partial charge is 0.238 e. The van der Waals surface area contributed by atoms with Crippen molar-refractivity contribution < 1.29 is 13.2 Å². The normalized spacial score (nSPS) is 18.6. The molecule has 0 aliphatic heterocycles. The highest BCUT2D eigenvalue weighted by Crippen LogP contribution is 2.29. The van der Waals surface area contributed by atoms with Crippen LogP contribution in [0.5, 0.6) is 0 Å². The van der Waals surface area contributed by atoms with Gasteiger partial charge in [-0.3, -0.25) is 4.79 Å². The van der Waals surface area contributed by atoms with Crippen LogP contribution in [0.2, 0.25) is 0 Å². The summed E-state index contributed by atoms with van der Waals surface area (Å²) in [5, 5.41) is 1.58. The number of rotatable bonds is 8. The first-order valence-electron chi connectivity index (χ1n) is 8.42. The fourth-order valence-corrected chi connectivity index (χ4v) is 5.69. The van der Waals surface area contributed by atoms with Gasteiger partial charge >= 0.3 is 0 Å². The summed E-state index contributed by atoms with van der Waals surface area (Å²) in [5.41, 5.74) is 0. The van der Waals surface area contributed by atoms with Crippen molar-refractivity contribution in [3.63, 3.8) is 0 Å². The molecule has 0 unspecified atom stereocenters. The van der Waals surface area contributed by atoms with Crippen molar-refractivity contribution in [2.24, 2.45) is 5.92 Å². The molecule has 6 heteroatoms. The molecule has 0 aromatic heterocycles. The van der Waals surface area contributed by atoms with Gasteiger partial charge in [0.05, 0.1) is 5.25 Å². The molecule has 0 radical (unpaired) electrons. The van der Waals surface area contributed by atoms with E-state index >= 15 is 0 Å². The molecule has 22 heavy (non-hydrogen) atoms. The van der Waals surface area contributed by atoms with Crippen LogP contribution in [0, 0.1) is 5.92 Å². The molecule has 0 aromatic carbocycles. The van der Waals surface area contributed by atoms with Crippen LogP contribution in [-0.2, 0) is 14.6 Å². The summed E-state index contributed by atoms with van der Waals surface area (Å²) in [7, 11) is 0.558. The highest BCUT2D eigenvalue weighted by atomic mass is 32.2. The van der Waals surface area contributed by atoms with Gasteiger partial charge in [0.2, 0.25) is 5.91 Å². The van der Waals surface area contributed by atoms with Crippen molar-refractivity contribution in [1.82, 2.24) is 10.2 Å². The van der Waals surface area contributed by atoms with Crippen molar-refractivity contribution in [3.8, 4) is 0 Å². The molecular weight excluding hydrogens is 300 g/mol. The van der Waals surface area contributed by atoms with E-state index in [9.17, 15) is 13.2 Å². The molecule has 1 rings (SSSR count). The van der Waals surface area contributed by atoms with Crippen LogP contribution in [0.4, 0.5) is 0 Å². The number of nitrogens with one attached hydrogen (secondary N) is 1. The molecule has 0 heterocycles. The number of amides is 1. The van der Waals surface area contributed by atoms with E-state index in [0.29, 0.717) is 19.4 Å². The summed E-state index contributed by atoms with van der Waals surface area (Å²) in [6, 6.07) is 0. The second-order valence-corrected chi connectivity index (χ2v) is 9.31. The topological polar surface area (TPSA) is 66.5 Å². The summed E-state index contributed by atoms with van der Waals surface area (Å²) in [4.78, 5) is 14.5. The fraction of sp³-hybridized carbons (Fsp3) is 0.938. The molecule has 1 saturated carbocycles. The van der Waals surface area contributed by atoms with E-state index in [0.717, 1.165) is 32.2 Å². The van der Waals surface area contributed by atoms with E-state index in [-0.39, 0.29) is 17.1 Å². The molecule has 1 amide bonds. The zero-order valence-corrected chi connectivity index (χ0v) is 15.3. The number of nitrogens with zero attached hydrogens (tertiary/aromatic N) is 1. The van der Waals surface area contributed by atoms with E-state index in [2.05, 4.69) is 5.32 Å². The van der Waals surface area contributed by atoms with Gasteiger partial charge in [-0.25, -0.2) is 8.42 Å². The summed E-state index contributed by atoms with van der Waals surface area (Å²) in [6.45, 7) is 5.05. The summed E-state index contributed by atoms with van der Waals surface area (Å²) >= 11 is 0. The van der Waals surface area contributed by atoms with Crippen molar-refractivity contribution in [2.75, 3.05) is 27.2 Å². The molecular formula is C16H32N2O3S. The first kappa shape index (κ1) is 19.4. The molecule has 0 aromatic rings. The predicted molar refractivity (Wildman–Crippen MR) is 90.6 cm³/mol. The van der Waals surface area contributed by atoms with Crippen LogP contribution >= 0.6 is 0 Å². The highest BCUT2D eigenvalue weighted by molar-refractivity contribution is 7.93. The second-order valence-electron chi connectivity index (χ2n) is 6.96. The first-order chi connectivity index (χ1) is 10.3. The van der Waals surface area contributed by atoms with Gasteiger partial charge in [-0.15, -0.1) is 0 Å². The largest absolute Gasteiger partial charge is 0.355 e. The van der Waals surface area contributed by atoms with Gasteiger partial charge in [-0.1, -0.05) is 33.1 Å². The minimum absolute atomic E-state index is 0.194. The third-order valence-corrected chi connectivity index (χ3v) is 7.18. The molecule has 0 spiro atoms. The van der Waals surface area contributed by atoms with Crippen molar-refractivity contribution in [2.45, 2.75) is 62.9 Å². The molecule has 1 aliphatic carbocycles. The zero-order valence-electron chi connectivity index (χ0n) is 14.5. The standard InChI is InChI=1S/C16H32N2O3S/c1-13(2)15(16(19)17-11-8-12-18(3)4)22(20,21)14-9-6-5-7-10-14/h13-15H,5-12H2,1-4H3,(H,17,19)/t15-/m1/s1. The first-order valence-corrected chi connectivity index (χ1v) is 10.0. The van der Waals surface area contributed by atoms with Gasteiger partial charge in [0.1, 0.15) is 5.25 Å². The Hall–Kier alpha value is -0.620. The lowest BCUT2D eigenvalue weighted by atomic mass is 10.0. The number of hydrogen-bond donors (Lipinski definition) is 1. The van der Waals surface area contributed by atoms with E-state index in [1.807, 2.05) is 32.8 Å². The van der Waals surface area contributed by atoms with Crippen LogP contribution in [0.3, 0.4) is 0 Å². The predicted octanol–water partition coefficient (Wildman–Crippen LogP) is 1.83. The SMILES string of the molecule is CC(C)[C@H](C(=O)NCCCN(C)C)S(=O)(=O)C1CCCCC1. The van der Waals surface area contributed by atoms with Crippen LogP contribution in [-0.4, -0.2) is 56.9 Å². The Morgan fingerprint density at radius 2 is 1.77 bits per heavy atom. The molecule has 1 N–H and O–H groups in total. The Kier molecular flexibility index (Phi) is 7.83. The van der Waals surface area contributed by atoms with Gasteiger partial charge in [0, 0.05) is 6.54 Å². The Labute approximate surface area is 135 Å². The lowest BCUT2D eigenvalue weighted by Crippen LogP contribution is -2.47. The molecule has 5 nitrogen and oxygen atoms in total. The number of carbonyl (C=O) groups excluding carboxylic acids is 1. The van der Waals surface area contributed by atoms with Crippen LogP contribution < -0.4 is 5.32 Å². The minimum atomic E-state index is -3.40. The van der Waals surface area contributed by atoms with Crippen molar-refractivity contribution >= 4 is 15.7 Å². The third-order valence-electron chi connectivity index (χ3n) is 4.32. The fourth-order valence-electron chi connectivity index (χ4n) is 3.14. The lowest BCUT2D eigenvalue weighted by Gasteiger charge is -2.28. The Bertz CT molecular complexity index is 440. The number of carbonyl (C=O) groups is 1. The zero-order chi connectivity index (χ0) is 16.8. The number of sulfone groups is 1. The molecule has 0 bridgehead atoms. The molecule has 0 saturated heterocycles. The summed E-state index contributed by atoms with van der Waals surface area (Å²) in [6.07, 6.45) is 5.26. The van der Waals surface area contributed by atoms with Gasteiger partial charge in [0.25, 0.3) is 0 Å². The maximum atomic E-state index is 12.8. The van der Waals surface area contributed by atoms with E-state index in [1.165, 1.54) is 0 Å². The van der Waals surface area contributed by atoms with Crippen LogP contribution in [0.25, 0.3) is 0 Å². The molecule has 1 aliphatic rings. The average molecular weight is 333 g/mol. The van der Waals surface area contributed by atoms with Crippen molar-refractivity contribution in [1.29, 1.82) is 0 Å². The molecule has 1 fully saturated rings. The maximum Gasteiger partial charge on any atom is 0.238 e. The Balaban J connectivity index is 2.68. The van der Waals surface area contributed by atoms with Crippen LogP contribution in [0.1, 0.15) is 52.4 Å². The van der Waals surface area contributed by atoms with E-state index < -0.39 is 15.1 Å². The maximum absolute atomic E-state index is 12.8. The second kappa shape index (κ2) is 8.87.